The average molecular weight is 404 g/mol. The number of rotatable bonds is 7. The summed E-state index contributed by atoms with van der Waals surface area (Å²) < 4.78 is 10.0. The number of carbonyl (C=O) groups excluding carboxylic acids is 3. The van der Waals surface area contributed by atoms with E-state index >= 15 is 0 Å². The van der Waals surface area contributed by atoms with E-state index in [1.807, 2.05) is 18.2 Å². The van der Waals surface area contributed by atoms with Crippen molar-refractivity contribution in [2.45, 2.75) is 0 Å². The molecule has 7 nitrogen and oxygen atoms in total. The number of esters is 1. The number of methoxy groups -OCH3 is 1. The van der Waals surface area contributed by atoms with Gasteiger partial charge in [-0.25, -0.2) is 4.79 Å². The summed E-state index contributed by atoms with van der Waals surface area (Å²) in [5.41, 5.74) is 1.78. The SMILES string of the molecule is COC(=O)c1ccc(C(=O)Nc2cccc(NC(=O)COc3ccccc3)c2)cc1. The lowest BCUT2D eigenvalue weighted by Crippen LogP contribution is -2.20. The van der Waals surface area contributed by atoms with Crippen LogP contribution in [0, 0.1) is 0 Å². The number of amides is 2. The molecule has 0 radical (unpaired) electrons. The molecular formula is C23H20N2O5. The molecule has 152 valence electrons. The second-order valence-corrected chi connectivity index (χ2v) is 6.25. The Balaban J connectivity index is 1.57. The van der Waals surface area contributed by atoms with Crippen LogP contribution in [0.15, 0.2) is 78.9 Å². The smallest absolute Gasteiger partial charge is 0.337 e. The number of benzene rings is 3. The molecule has 0 saturated carbocycles. The maximum absolute atomic E-state index is 12.4. The number of ether oxygens (including phenoxy) is 2. The Hall–Kier alpha value is -4.13. The highest BCUT2D eigenvalue weighted by molar-refractivity contribution is 6.05. The molecule has 30 heavy (non-hydrogen) atoms. The van der Waals surface area contributed by atoms with E-state index in [0.29, 0.717) is 28.3 Å². The van der Waals surface area contributed by atoms with Gasteiger partial charge in [-0.15, -0.1) is 0 Å². The van der Waals surface area contributed by atoms with E-state index in [9.17, 15) is 14.4 Å². The van der Waals surface area contributed by atoms with Crippen molar-refractivity contribution in [2.75, 3.05) is 24.4 Å². The Kier molecular flexibility index (Phi) is 6.78. The molecule has 0 aromatic heterocycles. The lowest BCUT2D eigenvalue weighted by molar-refractivity contribution is -0.118. The summed E-state index contributed by atoms with van der Waals surface area (Å²) >= 11 is 0. The Bertz CT molecular complexity index is 1030. The van der Waals surface area contributed by atoms with Crippen molar-refractivity contribution in [3.63, 3.8) is 0 Å². The topological polar surface area (TPSA) is 93.7 Å². The zero-order chi connectivity index (χ0) is 21.3. The van der Waals surface area contributed by atoms with Gasteiger partial charge in [-0.3, -0.25) is 9.59 Å². The minimum atomic E-state index is -0.471. The Morgan fingerprint density at radius 1 is 0.767 bits per heavy atom. The lowest BCUT2D eigenvalue weighted by atomic mass is 10.1. The van der Waals surface area contributed by atoms with Crippen molar-refractivity contribution >= 4 is 29.2 Å². The van der Waals surface area contributed by atoms with Crippen LogP contribution < -0.4 is 15.4 Å². The first-order chi connectivity index (χ1) is 14.5. The molecule has 0 heterocycles. The number of nitrogens with one attached hydrogen (secondary N) is 2. The molecule has 0 aliphatic heterocycles. The molecule has 0 unspecified atom stereocenters. The molecule has 0 saturated heterocycles. The highest BCUT2D eigenvalue weighted by Crippen LogP contribution is 2.17. The van der Waals surface area contributed by atoms with Crippen LogP contribution in [0.4, 0.5) is 11.4 Å². The van der Waals surface area contributed by atoms with Gasteiger partial charge < -0.3 is 20.1 Å². The van der Waals surface area contributed by atoms with Crippen molar-refractivity contribution in [3.05, 3.63) is 90.0 Å². The van der Waals surface area contributed by atoms with Gasteiger partial charge in [0.1, 0.15) is 5.75 Å². The second-order valence-electron chi connectivity index (χ2n) is 6.25. The second kappa shape index (κ2) is 9.88. The third kappa shape index (κ3) is 5.68. The van der Waals surface area contributed by atoms with Crippen LogP contribution in [0.3, 0.4) is 0 Å². The van der Waals surface area contributed by atoms with E-state index in [1.165, 1.54) is 31.4 Å². The molecule has 3 aromatic carbocycles. The van der Waals surface area contributed by atoms with Crippen LogP contribution in [0.1, 0.15) is 20.7 Å². The third-order valence-corrected chi connectivity index (χ3v) is 4.09. The molecular weight excluding hydrogens is 384 g/mol. The minimum Gasteiger partial charge on any atom is -0.484 e. The first kappa shape index (κ1) is 20.6. The number of carbonyl (C=O) groups is 3. The summed E-state index contributed by atoms with van der Waals surface area (Å²) in [6.45, 7) is -0.132. The molecule has 0 atom stereocenters. The summed E-state index contributed by atoms with van der Waals surface area (Å²) in [6, 6.07) is 21.9. The monoisotopic (exact) mass is 404 g/mol. The quantitative estimate of drug-likeness (QED) is 0.585. The predicted molar refractivity (Wildman–Crippen MR) is 113 cm³/mol. The minimum absolute atomic E-state index is 0.132. The van der Waals surface area contributed by atoms with Crippen molar-refractivity contribution in [3.8, 4) is 5.75 Å². The summed E-state index contributed by atoms with van der Waals surface area (Å²) in [5, 5.41) is 5.48. The highest BCUT2D eigenvalue weighted by atomic mass is 16.5. The normalized spacial score (nSPS) is 10.0. The van der Waals surface area contributed by atoms with Crippen molar-refractivity contribution in [1.82, 2.24) is 0 Å². The van der Waals surface area contributed by atoms with Gasteiger partial charge in [0.2, 0.25) is 0 Å². The Morgan fingerprint density at radius 2 is 1.40 bits per heavy atom. The van der Waals surface area contributed by atoms with Crippen molar-refractivity contribution in [2.24, 2.45) is 0 Å². The van der Waals surface area contributed by atoms with Crippen LogP contribution in [0.25, 0.3) is 0 Å². The fraction of sp³-hybridized carbons (Fsp3) is 0.0870. The van der Waals surface area contributed by atoms with Gasteiger partial charge in [0.15, 0.2) is 6.61 Å². The van der Waals surface area contributed by atoms with Crippen molar-refractivity contribution < 1.29 is 23.9 Å². The largest absolute Gasteiger partial charge is 0.484 e. The molecule has 0 aliphatic rings. The summed E-state index contributed by atoms with van der Waals surface area (Å²) in [5.74, 6) is -0.531. The van der Waals surface area contributed by atoms with Gasteiger partial charge in [-0.2, -0.15) is 0 Å². The molecule has 0 fully saturated rings. The van der Waals surface area contributed by atoms with Crippen LogP contribution in [-0.2, 0) is 9.53 Å². The van der Waals surface area contributed by atoms with E-state index in [1.54, 1.807) is 36.4 Å². The molecule has 0 aliphatic carbocycles. The molecule has 3 aromatic rings. The van der Waals surface area contributed by atoms with E-state index in [4.69, 9.17) is 4.74 Å². The highest BCUT2D eigenvalue weighted by Gasteiger charge is 2.10. The zero-order valence-electron chi connectivity index (χ0n) is 16.3. The van der Waals surface area contributed by atoms with Gasteiger partial charge in [0, 0.05) is 16.9 Å². The van der Waals surface area contributed by atoms with Crippen LogP contribution in [0.5, 0.6) is 5.75 Å². The maximum Gasteiger partial charge on any atom is 0.337 e. The number of hydrogen-bond acceptors (Lipinski definition) is 5. The van der Waals surface area contributed by atoms with Gasteiger partial charge in [-0.05, 0) is 54.6 Å². The van der Waals surface area contributed by atoms with E-state index in [0.717, 1.165) is 0 Å². The average Bonchev–Trinajstić information content (AvgIpc) is 2.78. The van der Waals surface area contributed by atoms with Gasteiger partial charge in [0.05, 0.1) is 12.7 Å². The van der Waals surface area contributed by atoms with Crippen molar-refractivity contribution in [1.29, 1.82) is 0 Å². The lowest BCUT2D eigenvalue weighted by Gasteiger charge is -2.10. The van der Waals surface area contributed by atoms with Crippen LogP contribution in [0.2, 0.25) is 0 Å². The zero-order valence-corrected chi connectivity index (χ0v) is 16.3. The molecule has 3 rings (SSSR count). The first-order valence-electron chi connectivity index (χ1n) is 9.12. The predicted octanol–water partition coefficient (Wildman–Crippen LogP) is 3.74. The van der Waals surface area contributed by atoms with Crippen LogP contribution in [-0.4, -0.2) is 31.5 Å². The van der Waals surface area contributed by atoms with E-state index in [2.05, 4.69) is 15.4 Å². The maximum atomic E-state index is 12.4. The number of hydrogen-bond donors (Lipinski definition) is 2. The van der Waals surface area contributed by atoms with Gasteiger partial charge >= 0.3 is 5.97 Å². The first-order valence-corrected chi connectivity index (χ1v) is 9.12. The van der Waals surface area contributed by atoms with Crippen LogP contribution >= 0.6 is 0 Å². The summed E-state index contributed by atoms with van der Waals surface area (Å²) in [6.07, 6.45) is 0. The standard InChI is InChI=1S/C23H20N2O5/c1-29-23(28)17-12-10-16(11-13-17)22(27)25-19-7-5-6-18(14-19)24-21(26)15-30-20-8-3-2-4-9-20/h2-14H,15H2,1H3,(H,24,26)(H,25,27). The van der Waals surface area contributed by atoms with Gasteiger partial charge in [-0.1, -0.05) is 24.3 Å². The molecule has 0 bridgehead atoms. The third-order valence-electron chi connectivity index (χ3n) is 4.09. The van der Waals surface area contributed by atoms with E-state index in [-0.39, 0.29) is 18.4 Å². The summed E-state index contributed by atoms with van der Waals surface area (Å²) in [4.78, 5) is 36.0. The fourth-order valence-electron chi connectivity index (χ4n) is 2.62. The molecule has 0 spiro atoms. The molecule has 7 heteroatoms. The van der Waals surface area contributed by atoms with E-state index < -0.39 is 5.97 Å². The molecule has 2 amide bonds. The summed E-state index contributed by atoms with van der Waals surface area (Å²) in [7, 11) is 1.29. The molecule has 2 N–H and O–H groups in total. The Labute approximate surface area is 173 Å². The Morgan fingerprint density at radius 3 is 2.07 bits per heavy atom. The number of para-hydroxylation sites is 1. The fourth-order valence-corrected chi connectivity index (χ4v) is 2.62. The number of anilines is 2. The van der Waals surface area contributed by atoms with Gasteiger partial charge in [0.25, 0.3) is 11.8 Å².